The molecule has 5 rings (SSSR count). The largest absolute Gasteiger partial charge is 0.423 e. The van der Waals surface area contributed by atoms with E-state index < -0.39 is 28.3 Å². The van der Waals surface area contributed by atoms with E-state index in [9.17, 15) is 8.42 Å². The molecule has 0 saturated carbocycles. The van der Waals surface area contributed by atoms with E-state index in [1.165, 1.54) is 4.68 Å². The predicted octanol–water partition coefficient (Wildman–Crippen LogP) is 1.21. The Morgan fingerprint density at radius 3 is 2.72 bits per heavy atom. The molecule has 0 aliphatic carbocycles. The molecule has 4 atom stereocenters. The number of thiophene rings is 1. The van der Waals surface area contributed by atoms with E-state index in [4.69, 9.17) is 14.2 Å². The maximum absolute atomic E-state index is 12.5. The first kappa shape index (κ1) is 18.6. The molecule has 1 aromatic carbocycles. The first-order valence-electron chi connectivity index (χ1n) is 8.92. The normalized spacial score (nSPS) is 26.5. The number of nitrogens with one attached hydrogen (secondary N) is 1. The fourth-order valence-electron chi connectivity index (χ4n) is 3.52. The van der Waals surface area contributed by atoms with Gasteiger partial charge in [0.15, 0.2) is 0 Å². The molecule has 0 bridgehead atoms. The van der Waals surface area contributed by atoms with Crippen LogP contribution in [-0.2, 0) is 19.5 Å². The number of tetrazole rings is 1. The highest BCUT2D eigenvalue weighted by molar-refractivity contribution is 7.91. The number of ether oxygens (including phenoxy) is 3. The van der Waals surface area contributed by atoms with Gasteiger partial charge in [0.25, 0.3) is 0 Å². The SMILES string of the molecule is O=S(=O)(N[C@H]1CO[C@H]2[C@@H]1OC[C@@H]2n1nnnc1Oc1ccccc1)c1cccs1. The molecule has 0 amide bonds. The highest BCUT2D eigenvalue weighted by Gasteiger charge is 2.50. The second-order valence-corrected chi connectivity index (χ2v) is 9.53. The van der Waals surface area contributed by atoms with Gasteiger partial charge < -0.3 is 14.2 Å². The van der Waals surface area contributed by atoms with E-state index in [1.54, 1.807) is 29.6 Å². The van der Waals surface area contributed by atoms with E-state index >= 15 is 0 Å². The maximum Gasteiger partial charge on any atom is 0.341 e. The Morgan fingerprint density at radius 2 is 1.93 bits per heavy atom. The van der Waals surface area contributed by atoms with Gasteiger partial charge in [0, 0.05) is 0 Å². The molecule has 152 valence electrons. The van der Waals surface area contributed by atoms with Crippen molar-refractivity contribution in [2.45, 2.75) is 28.5 Å². The summed E-state index contributed by atoms with van der Waals surface area (Å²) in [5.74, 6) is 0.605. The molecular weight excluding hydrogens is 418 g/mol. The molecular formula is C17H17N5O5S2. The second-order valence-electron chi connectivity index (χ2n) is 6.64. The Labute approximate surface area is 170 Å². The van der Waals surface area contributed by atoms with Crippen LogP contribution >= 0.6 is 11.3 Å². The summed E-state index contributed by atoms with van der Waals surface area (Å²) in [6, 6.07) is 11.8. The van der Waals surface area contributed by atoms with Crippen molar-refractivity contribution in [3.05, 3.63) is 47.8 Å². The zero-order valence-electron chi connectivity index (χ0n) is 15.0. The van der Waals surface area contributed by atoms with Crippen molar-refractivity contribution < 1.29 is 22.6 Å². The number of sulfonamides is 1. The number of nitrogens with zero attached hydrogens (tertiary/aromatic N) is 4. The van der Waals surface area contributed by atoms with Crippen molar-refractivity contribution >= 4 is 21.4 Å². The van der Waals surface area contributed by atoms with Crippen LogP contribution in [0.1, 0.15) is 6.04 Å². The van der Waals surface area contributed by atoms with Gasteiger partial charge >= 0.3 is 6.01 Å². The Kier molecular flexibility index (Phi) is 4.80. The lowest BCUT2D eigenvalue weighted by atomic mass is 10.1. The number of hydrogen-bond acceptors (Lipinski definition) is 9. The summed E-state index contributed by atoms with van der Waals surface area (Å²) in [4.78, 5) is 0. The zero-order valence-corrected chi connectivity index (χ0v) is 16.6. The molecule has 10 nitrogen and oxygen atoms in total. The number of rotatable bonds is 6. The van der Waals surface area contributed by atoms with Gasteiger partial charge in [-0.05, 0) is 34.0 Å². The van der Waals surface area contributed by atoms with Crippen LogP contribution in [0.15, 0.2) is 52.1 Å². The summed E-state index contributed by atoms with van der Waals surface area (Å²) in [6.45, 7) is 0.482. The van der Waals surface area contributed by atoms with Crippen LogP contribution in [0.5, 0.6) is 11.8 Å². The summed E-state index contributed by atoms with van der Waals surface area (Å²) in [5, 5.41) is 13.4. The number of benzene rings is 1. The van der Waals surface area contributed by atoms with Crippen molar-refractivity contribution in [1.29, 1.82) is 0 Å². The van der Waals surface area contributed by atoms with Crippen molar-refractivity contribution in [1.82, 2.24) is 24.9 Å². The van der Waals surface area contributed by atoms with Crippen LogP contribution in [-0.4, -0.2) is 60.1 Å². The molecule has 2 aliphatic heterocycles. The lowest BCUT2D eigenvalue weighted by Crippen LogP contribution is -2.43. The Hall–Kier alpha value is -2.38. The number of fused-ring (bicyclic) bond motifs is 1. The minimum atomic E-state index is -3.62. The number of para-hydroxylation sites is 1. The van der Waals surface area contributed by atoms with Crippen molar-refractivity contribution in [3.63, 3.8) is 0 Å². The molecule has 3 aromatic rings. The molecule has 0 spiro atoms. The lowest BCUT2D eigenvalue weighted by molar-refractivity contribution is 0.0615. The Bertz CT molecular complexity index is 1070. The van der Waals surface area contributed by atoms with Crippen molar-refractivity contribution in [2.75, 3.05) is 13.2 Å². The van der Waals surface area contributed by atoms with Gasteiger partial charge in [-0.2, -0.15) is 4.68 Å². The van der Waals surface area contributed by atoms with Gasteiger partial charge in [-0.3, -0.25) is 0 Å². The molecule has 4 heterocycles. The maximum atomic E-state index is 12.5. The molecule has 2 fully saturated rings. The fourth-order valence-corrected chi connectivity index (χ4v) is 5.76. The number of hydrogen-bond donors (Lipinski definition) is 1. The third-order valence-corrected chi connectivity index (χ3v) is 7.71. The van der Waals surface area contributed by atoms with Crippen LogP contribution in [0.2, 0.25) is 0 Å². The van der Waals surface area contributed by atoms with E-state index in [0.717, 1.165) is 11.3 Å². The molecule has 0 radical (unpaired) electrons. The van der Waals surface area contributed by atoms with Crippen LogP contribution in [0.4, 0.5) is 0 Å². The molecule has 29 heavy (non-hydrogen) atoms. The molecule has 12 heteroatoms. The minimum absolute atomic E-state index is 0.202. The molecule has 2 saturated heterocycles. The summed E-state index contributed by atoms with van der Waals surface area (Å²) in [7, 11) is -3.62. The summed E-state index contributed by atoms with van der Waals surface area (Å²) in [6.07, 6.45) is -0.837. The van der Waals surface area contributed by atoms with Gasteiger partial charge in [0.2, 0.25) is 10.0 Å². The second kappa shape index (κ2) is 7.46. The summed E-state index contributed by atoms with van der Waals surface area (Å²) in [5.41, 5.74) is 0. The van der Waals surface area contributed by atoms with E-state index in [2.05, 4.69) is 20.2 Å². The van der Waals surface area contributed by atoms with Gasteiger partial charge in [0.05, 0.1) is 19.3 Å². The third kappa shape index (κ3) is 3.53. The first-order valence-corrected chi connectivity index (χ1v) is 11.3. The first-order chi connectivity index (χ1) is 14.1. The monoisotopic (exact) mass is 435 g/mol. The summed E-state index contributed by atoms with van der Waals surface area (Å²) < 4.78 is 47.1. The predicted molar refractivity (Wildman–Crippen MR) is 101 cm³/mol. The topological polar surface area (TPSA) is 117 Å². The van der Waals surface area contributed by atoms with Crippen molar-refractivity contribution in [2.24, 2.45) is 0 Å². The number of aromatic nitrogens is 4. The highest BCUT2D eigenvalue weighted by Crippen LogP contribution is 2.36. The van der Waals surface area contributed by atoms with Gasteiger partial charge in [-0.1, -0.05) is 29.4 Å². The average molecular weight is 435 g/mol. The van der Waals surface area contributed by atoms with E-state index in [-0.39, 0.29) is 29.5 Å². The molecule has 2 aromatic heterocycles. The molecule has 0 unspecified atom stereocenters. The van der Waals surface area contributed by atoms with Gasteiger partial charge in [-0.25, -0.2) is 13.1 Å². The quantitative estimate of drug-likeness (QED) is 0.614. The van der Waals surface area contributed by atoms with E-state index in [1.807, 2.05) is 18.2 Å². The van der Waals surface area contributed by atoms with Crippen LogP contribution in [0, 0.1) is 0 Å². The Balaban J connectivity index is 1.32. The standard InChI is InChI=1S/C17H17N5O5S2/c23-29(24,14-7-4-8-28-14)19-12-9-25-16-13(10-26-15(12)16)22-17(18-20-21-22)27-11-5-2-1-3-6-11/h1-8,12-13,15-16,19H,9-10H2/t12-,13-,15+,16+/m0/s1. The molecule has 2 aliphatic rings. The Morgan fingerprint density at radius 1 is 1.10 bits per heavy atom. The van der Waals surface area contributed by atoms with Gasteiger partial charge in [-0.15, -0.1) is 11.3 Å². The highest BCUT2D eigenvalue weighted by atomic mass is 32.2. The molecule has 1 N–H and O–H groups in total. The third-order valence-electron chi connectivity index (χ3n) is 4.82. The van der Waals surface area contributed by atoms with Crippen LogP contribution in [0.3, 0.4) is 0 Å². The lowest BCUT2D eigenvalue weighted by Gasteiger charge is -2.17. The van der Waals surface area contributed by atoms with Crippen molar-refractivity contribution in [3.8, 4) is 11.8 Å². The van der Waals surface area contributed by atoms with E-state index in [0.29, 0.717) is 5.75 Å². The minimum Gasteiger partial charge on any atom is -0.423 e. The average Bonchev–Trinajstić information content (AvgIpc) is 3.49. The summed E-state index contributed by atoms with van der Waals surface area (Å²) >= 11 is 1.16. The fraction of sp³-hybridized carbons (Fsp3) is 0.353. The van der Waals surface area contributed by atoms with Gasteiger partial charge in [0.1, 0.15) is 28.2 Å². The smallest absolute Gasteiger partial charge is 0.341 e. The van der Waals surface area contributed by atoms with Crippen LogP contribution in [0.25, 0.3) is 0 Å². The zero-order chi connectivity index (χ0) is 19.8. The van der Waals surface area contributed by atoms with Crippen LogP contribution < -0.4 is 9.46 Å².